The number of hydrogen-bond acceptors (Lipinski definition) is 4. The minimum absolute atomic E-state index is 0.0980. The molecule has 1 unspecified atom stereocenters. The van der Waals surface area contributed by atoms with E-state index in [1.165, 1.54) is 6.07 Å². The first-order chi connectivity index (χ1) is 10.2. The number of rotatable bonds is 4. The summed E-state index contributed by atoms with van der Waals surface area (Å²) in [5.74, 6) is 0.377. The fraction of sp³-hybridized carbons (Fsp3) is 0.625. The van der Waals surface area contributed by atoms with Crippen LogP contribution in [-0.4, -0.2) is 40.3 Å². The number of piperidine rings is 1. The van der Waals surface area contributed by atoms with Crippen molar-refractivity contribution in [2.45, 2.75) is 38.3 Å². The minimum atomic E-state index is -0.684. The van der Waals surface area contributed by atoms with Crippen LogP contribution in [0, 0.1) is 5.92 Å². The van der Waals surface area contributed by atoms with Crippen LogP contribution in [0.5, 0.6) is 5.75 Å². The molecule has 1 heterocycles. The van der Waals surface area contributed by atoms with E-state index in [2.05, 4.69) is 4.90 Å². The Bertz CT molecular complexity index is 524. The standard InChI is InChI=1S/C16H24Cl2N2O2/c1-16(2,22)9-20-5-3-10(4-6-20)15(19)11-7-12(17)13(18)8-14(11)21/h7-8,10,15,21-22H,3-6,9,19H2,1-2H3. The molecule has 22 heavy (non-hydrogen) atoms. The van der Waals surface area contributed by atoms with Crippen molar-refractivity contribution in [1.29, 1.82) is 0 Å². The largest absolute Gasteiger partial charge is 0.508 e. The third-order valence-corrected chi connectivity index (χ3v) is 4.90. The molecule has 1 aromatic carbocycles. The second-order valence-electron chi connectivity index (χ2n) is 6.78. The van der Waals surface area contributed by atoms with Gasteiger partial charge in [-0.05, 0) is 51.8 Å². The predicted octanol–water partition coefficient (Wildman–Crippen LogP) is 3.18. The molecule has 0 aliphatic carbocycles. The van der Waals surface area contributed by atoms with Gasteiger partial charge < -0.3 is 20.8 Å². The first-order valence-electron chi connectivity index (χ1n) is 7.55. The van der Waals surface area contributed by atoms with E-state index in [4.69, 9.17) is 28.9 Å². The first kappa shape index (κ1) is 17.8. The van der Waals surface area contributed by atoms with Crippen molar-refractivity contribution in [2.75, 3.05) is 19.6 Å². The molecule has 1 atom stereocenters. The van der Waals surface area contributed by atoms with Crippen LogP contribution in [0.4, 0.5) is 0 Å². The van der Waals surface area contributed by atoms with Gasteiger partial charge in [-0.25, -0.2) is 0 Å². The number of aliphatic hydroxyl groups is 1. The fourth-order valence-electron chi connectivity index (χ4n) is 3.09. The van der Waals surface area contributed by atoms with E-state index in [0.717, 1.165) is 25.9 Å². The SMILES string of the molecule is CC(C)(O)CN1CCC(C(N)c2cc(Cl)c(Cl)cc2O)CC1. The van der Waals surface area contributed by atoms with E-state index < -0.39 is 5.60 Å². The number of hydrogen-bond donors (Lipinski definition) is 3. The zero-order valence-corrected chi connectivity index (χ0v) is 14.5. The predicted molar refractivity (Wildman–Crippen MR) is 90.5 cm³/mol. The molecule has 0 radical (unpaired) electrons. The monoisotopic (exact) mass is 346 g/mol. The summed E-state index contributed by atoms with van der Waals surface area (Å²) in [5.41, 5.74) is 6.30. The van der Waals surface area contributed by atoms with Gasteiger partial charge in [0.2, 0.25) is 0 Å². The van der Waals surface area contributed by atoms with E-state index in [1.54, 1.807) is 6.07 Å². The zero-order valence-electron chi connectivity index (χ0n) is 13.0. The minimum Gasteiger partial charge on any atom is -0.508 e. The Morgan fingerprint density at radius 2 is 1.82 bits per heavy atom. The lowest BCUT2D eigenvalue weighted by molar-refractivity contribution is 0.0228. The Labute approximate surface area is 141 Å². The summed E-state index contributed by atoms with van der Waals surface area (Å²) in [6.45, 7) is 6.08. The van der Waals surface area contributed by atoms with Crippen molar-refractivity contribution in [1.82, 2.24) is 4.90 Å². The summed E-state index contributed by atoms with van der Waals surface area (Å²) < 4.78 is 0. The van der Waals surface area contributed by atoms with E-state index in [9.17, 15) is 10.2 Å². The number of β-amino-alcohol motifs (C(OH)–C–C–N with tert-alkyl or cyclic N) is 1. The van der Waals surface area contributed by atoms with Crippen LogP contribution in [0.15, 0.2) is 12.1 Å². The highest BCUT2D eigenvalue weighted by atomic mass is 35.5. The Kier molecular flexibility index (Phi) is 5.62. The lowest BCUT2D eigenvalue weighted by atomic mass is 9.85. The zero-order chi connectivity index (χ0) is 16.5. The normalized spacial score (nSPS) is 19.4. The van der Waals surface area contributed by atoms with Gasteiger partial charge in [0.25, 0.3) is 0 Å². The molecule has 1 fully saturated rings. The average molecular weight is 347 g/mol. The van der Waals surface area contributed by atoms with Crippen LogP contribution < -0.4 is 5.73 Å². The van der Waals surface area contributed by atoms with Crippen molar-refractivity contribution < 1.29 is 10.2 Å². The fourth-order valence-corrected chi connectivity index (χ4v) is 3.42. The molecule has 0 saturated carbocycles. The maximum atomic E-state index is 10.1. The second kappa shape index (κ2) is 6.93. The molecule has 0 spiro atoms. The van der Waals surface area contributed by atoms with Gasteiger partial charge in [0.15, 0.2) is 0 Å². The third-order valence-electron chi connectivity index (χ3n) is 4.18. The number of benzene rings is 1. The van der Waals surface area contributed by atoms with Gasteiger partial charge in [-0.2, -0.15) is 0 Å². The number of phenolic OH excluding ortho intramolecular Hbond substituents is 1. The maximum Gasteiger partial charge on any atom is 0.121 e. The molecule has 0 amide bonds. The number of nitrogens with two attached hydrogens (primary N) is 1. The summed E-state index contributed by atoms with van der Waals surface area (Å²) >= 11 is 11.9. The Morgan fingerprint density at radius 1 is 1.27 bits per heavy atom. The molecule has 0 bridgehead atoms. The van der Waals surface area contributed by atoms with Gasteiger partial charge in [0.1, 0.15) is 5.75 Å². The van der Waals surface area contributed by atoms with Crippen molar-refractivity contribution in [3.05, 3.63) is 27.7 Å². The smallest absolute Gasteiger partial charge is 0.121 e. The molecule has 1 saturated heterocycles. The molecule has 1 aromatic rings. The summed E-state index contributed by atoms with van der Waals surface area (Å²) in [7, 11) is 0. The topological polar surface area (TPSA) is 69.7 Å². The first-order valence-corrected chi connectivity index (χ1v) is 8.31. The molecule has 1 aliphatic heterocycles. The van der Waals surface area contributed by atoms with Gasteiger partial charge in [-0.3, -0.25) is 0 Å². The molecule has 2 rings (SSSR count). The van der Waals surface area contributed by atoms with Crippen LogP contribution in [0.25, 0.3) is 0 Å². The van der Waals surface area contributed by atoms with Gasteiger partial charge >= 0.3 is 0 Å². The highest BCUT2D eigenvalue weighted by Gasteiger charge is 2.29. The summed E-state index contributed by atoms with van der Waals surface area (Å²) in [6.07, 6.45) is 1.86. The number of halogens is 2. The lowest BCUT2D eigenvalue weighted by Crippen LogP contribution is -2.44. The van der Waals surface area contributed by atoms with Crippen LogP contribution in [0.2, 0.25) is 10.0 Å². The lowest BCUT2D eigenvalue weighted by Gasteiger charge is -2.37. The van der Waals surface area contributed by atoms with E-state index in [-0.39, 0.29) is 17.7 Å². The molecular formula is C16H24Cl2N2O2. The quantitative estimate of drug-likeness (QED) is 0.782. The average Bonchev–Trinajstić information content (AvgIpc) is 2.41. The van der Waals surface area contributed by atoms with E-state index in [1.807, 2.05) is 13.8 Å². The van der Waals surface area contributed by atoms with Gasteiger partial charge in [0.05, 0.1) is 15.6 Å². The molecule has 124 valence electrons. The van der Waals surface area contributed by atoms with E-state index in [0.29, 0.717) is 22.2 Å². The number of nitrogens with zero attached hydrogens (tertiary/aromatic N) is 1. The number of likely N-dealkylation sites (tertiary alicyclic amines) is 1. The molecule has 4 nitrogen and oxygen atoms in total. The van der Waals surface area contributed by atoms with Gasteiger partial charge in [0, 0.05) is 24.2 Å². The molecular weight excluding hydrogens is 323 g/mol. The third kappa shape index (κ3) is 4.49. The van der Waals surface area contributed by atoms with Crippen molar-refractivity contribution >= 4 is 23.2 Å². The molecule has 1 aliphatic rings. The summed E-state index contributed by atoms with van der Waals surface area (Å²) in [4.78, 5) is 2.25. The van der Waals surface area contributed by atoms with Crippen LogP contribution in [-0.2, 0) is 0 Å². The number of aromatic hydroxyl groups is 1. The number of phenols is 1. The highest BCUT2D eigenvalue weighted by molar-refractivity contribution is 6.42. The molecule has 6 heteroatoms. The van der Waals surface area contributed by atoms with Crippen molar-refractivity contribution in [2.24, 2.45) is 11.7 Å². The molecule has 0 aromatic heterocycles. The summed E-state index contributed by atoms with van der Waals surface area (Å²) in [5, 5.41) is 20.7. The second-order valence-corrected chi connectivity index (χ2v) is 7.59. The van der Waals surface area contributed by atoms with Gasteiger partial charge in [-0.1, -0.05) is 23.2 Å². The highest BCUT2D eigenvalue weighted by Crippen LogP contribution is 2.37. The van der Waals surface area contributed by atoms with Gasteiger partial charge in [-0.15, -0.1) is 0 Å². The summed E-state index contributed by atoms with van der Waals surface area (Å²) in [6, 6.07) is 2.84. The maximum absolute atomic E-state index is 10.1. The Balaban J connectivity index is 2.01. The van der Waals surface area contributed by atoms with Crippen LogP contribution in [0.3, 0.4) is 0 Å². The molecule has 4 N–H and O–H groups in total. The van der Waals surface area contributed by atoms with E-state index >= 15 is 0 Å². The Morgan fingerprint density at radius 3 is 2.36 bits per heavy atom. The van der Waals surface area contributed by atoms with Crippen LogP contribution >= 0.6 is 23.2 Å². The van der Waals surface area contributed by atoms with Crippen LogP contribution in [0.1, 0.15) is 38.3 Å². The Hall–Kier alpha value is -0.520. The van der Waals surface area contributed by atoms with Crippen molar-refractivity contribution in [3.8, 4) is 5.75 Å². The van der Waals surface area contributed by atoms with Crippen molar-refractivity contribution in [3.63, 3.8) is 0 Å².